The van der Waals surface area contributed by atoms with Gasteiger partial charge in [0.25, 0.3) is 0 Å². The summed E-state index contributed by atoms with van der Waals surface area (Å²) in [5.41, 5.74) is 17.4. The molecule has 1 aliphatic carbocycles. The van der Waals surface area contributed by atoms with Crippen LogP contribution in [0.1, 0.15) is 43.6 Å². The van der Waals surface area contributed by atoms with Crippen molar-refractivity contribution in [3.63, 3.8) is 0 Å². The molecule has 0 saturated heterocycles. The van der Waals surface area contributed by atoms with Gasteiger partial charge in [0, 0.05) is 44.2 Å². The second-order valence-corrected chi connectivity index (χ2v) is 18.3. The molecule has 2 aromatic heterocycles. The fraction of sp³-hybridized carbons (Fsp3) is 0.0938. The van der Waals surface area contributed by atoms with E-state index in [0.29, 0.717) is 5.92 Å². The first kappa shape index (κ1) is 39.2. The van der Waals surface area contributed by atoms with Crippen molar-refractivity contribution in [2.75, 3.05) is 4.90 Å². The Bertz CT molecular complexity index is 3790. The van der Waals surface area contributed by atoms with Crippen LogP contribution in [-0.2, 0) is 0 Å². The van der Waals surface area contributed by atoms with Crippen LogP contribution < -0.4 is 4.90 Å². The number of rotatable bonds is 8. The van der Waals surface area contributed by atoms with Crippen LogP contribution in [0.5, 0.6) is 0 Å². The highest BCUT2D eigenvalue weighted by molar-refractivity contribution is 6.11. The zero-order valence-electron chi connectivity index (χ0n) is 37.3. The zero-order chi connectivity index (χ0) is 44.3. The maximum atomic E-state index is 6.20. The number of nitrogens with zero attached hydrogens (tertiary/aromatic N) is 2. The van der Waals surface area contributed by atoms with Crippen molar-refractivity contribution in [2.24, 2.45) is 0 Å². The van der Waals surface area contributed by atoms with Crippen molar-refractivity contribution < 1.29 is 4.42 Å². The molecular formula is C64H48N2O. The molecule has 10 aromatic carbocycles. The first-order chi connectivity index (χ1) is 33.2. The van der Waals surface area contributed by atoms with E-state index in [-0.39, 0.29) is 0 Å². The van der Waals surface area contributed by atoms with Crippen molar-refractivity contribution in [2.45, 2.75) is 38.0 Å². The van der Waals surface area contributed by atoms with Gasteiger partial charge in [0.1, 0.15) is 11.2 Å². The summed E-state index contributed by atoms with van der Waals surface area (Å²) in [5.74, 6) is 0.574. The van der Waals surface area contributed by atoms with E-state index >= 15 is 0 Å². The molecule has 320 valence electrons. The third-order valence-electron chi connectivity index (χ3n) is 14.4. The molecule has 13 rings (SSSR count). The Morgan fingerprint density at radius 1 is 0.403 bits per heavy atom. The molecule has 1 aliphatic rings. The SMILES string of the molecule is c1ccc(-n2c3ccccc3c3cc(-c4cccc(N(c5ccc(-c6ccc7oc8ccccc8c7c6)cc5)c5ccccc5-c5cccc6cccc(C7CCCCC7)c56)c4)ccc32)cc1. The van der Waals surface area contributed by atoms with Gasteiger partial charge in [-0.1, -0.05) is 165 Å². The number of benzene rings is 10. The van der Waals surface area contributed by atoms with Crippen molar-refractivity contribution in [1.82, 2.24) is 4.57 Å². The maximum Gasteiger partial charge on any atom is 0.135 e. The molecular weight excluding hydrogens is 813 g/mol. The Hall–Kier alpha value is -8.14. The quantitative estimate of drug-likeness (QED) is 0.152. The standard InChI is InChI=1S/C64H48N2O/c1-3-16-44(17-4-1)52-27-14-18-45-19-15-28-56(64(45)52)53-24-7-10-29-59(53)65(50-36-32-43(33-37-50)47-35-39-63-58(42-47)55-26-9-12-31-62(55)67-63)51-23-13-20-46(40-51)48-34-38-61-57(41-48)54-25-8-11-30-60(54)66(61)49-21-5-2-6-22-49/h2,5-15,18-42,44H,1,3-4,16-17H2. The van der Waals surface area contributed by atoms with Crippen LogP contribution in [-0.4, -0.2) is 4.57 Å². The van der Waals surface area contributed by atoms with Crippen LogP contribution in [0.25, 0.3) is 93.6 Å². The molecule has 0 atom stereocenters. The molecule has 0 unspecified atom stereocenters. The van der Waals surface area contributed by atoms with Crippen LogP contribution in [0.15, 0.2) is 229 Å². The normalized spacial score (nSPS) is 13.3. The molecule has 0 radical (unpaired) electrons. The number of aromatic nitrogens is 1. The molecule has 1 fully saturated rings. The molecule has 0 aliphatic heterocycles. The van der Waals surface area contributed by atoms with Gasteiger partial charge in [-0.05, 0) is 142 Å². The molecule has 3 nitrogen and oxygen atoms in total. The summed E-state index contributed by atoms with van der Waals surface area (Å²) in [4.78, 5) is 2.47. The fourth-order valence-corrected chi connectivity index (χ4v) is 11.2. The summed E-state index contributed by atoms with van der Waals surface area (Å²) in [7, 11) is 0. The van der Waals surface area contributed by atoms with Gasteiger partial charge in [0.2, 0.25) is 0 Å². The summed E-state index contributed by atoms with van der Waals surface area (Å²) in [6.07, 6.45) is 6.44. The lowest BCUT2D eigenvalue weighted by molar-refractivity contribution is 0.445. The first-order valence-electron chi connectivity index (χ1n) is 23.9. The lowest BCUT2D eigenvalue weighted by Crippen LogP contribution is -2.11. The summed E-state index contributed by atoms with van der Waals surface area (Å²) < 4.78 is 8.59. The van der Waals surface area contributed by atoms with Crippen molar-refractivity contribution >= 4 is 71.6 Å². The number of hydrogen-bond acceptors (Lipinski definition) is 2. The minimum atomic E-state index is 0.574. The van der Waals surface area contributed by atoms with E-state index in [2.05, 4.69) is 222 Å². The highest BCUT2D eigenvalue weighted by atomic mass is 16.3. The average Bonchev–Trinajstić information content (AvgIpc) is 3.94. The average molecular weight is 861 g/mol. The Morgan fingerprint density at radius 2 is 1.04 bits per heavy atom. The van der Waals surface area contributed by atoms with Gasteiger partial charge < -0.3 is 13.9 Å². The van der Waals surface area contributed by atoms with Gasteiger partial charge in [-0.25, -0.2) is 0 Å². The molecule has 1 saturated carbocycles. The lowest BCUT2D eigenvalue weighted by atomic mass is 9.80. The number of fused-ring (bicyclic) bond motifs is 7. The predicted molar refractivity (Wildman–Crippen MR) is 282 cm³/mol. The number of anilines is 3. The van der Waals surface area contributed by atoms with Crippen molar-refractivity contribution in [3.8, 4) is 39.1 Å². The number of para-hydroxylation sites is 4. The van der Waals surface area contributed by atoms with Crippen LogP contribution in [0.2, 0.25) is 0 Å². The maximum absolute atomic E-state index is 6.20. The van der Waals surface area contributed by atoms with Gasteiger partial charge in [0.15, 0.2) is 0 Å². The van der Waals surface area contributed by atoms with Gasteiger partial charge in [-0.2, -0.15) is 0 Å². The number of hydrogen-bond donors (Lipinski definition) is 0. The van der Waals surface area contributed by atoms with Gasteiger partial charge in [-0.3, -0.25) is 0 Å². The van der Waals surface area contributed by atoms with Crippen LogP contribution in [0.3, 0.4) is 0 Å². The Labute approximate surface area is 390 Å². The van der Waals surface area contributed by atoms with Gasteiger partial charge in [-0.15, -0.1) is 0 Å². The van der Waals surface area contributed by atoms with Crippen molar-refractivity contribution in [1.29, 1.82) is 0 Å². The molecule has 2 heterocycles. The Morgan fingerprint density at radius 3 is 1.93 bits per heavy atom. The van der Waals surface area contributed by atoms with E-state index < -0.39 is 0 Å². The number of furan rings is 1. The molecule has 67 heavy (non-hydrogen) atoms. The van der Waals surface area contributed by atoms with E-state index in [9.17, 15) is 0 Å². The summed E-state index contributed by atoms with van der Waals surface area (Å²) in [6.45, 7) is 0. The zero-order valence-corrected chi connectivity index (χ0v) is 37.3. The molecule has 0 amide bonds. The summed E-state index contributed by atoms with van der Waals surface area (Å²) in [6, 6.07) is 82.4. The van der Waals surface area contributed by atoms with Crippen molar-refractivity contribution in [3.05, 3.63) is 230 Å². The second-order valence-electron chi connectivity index (χ2n) is 18.3. The fourth-order valence-electron chi connectivity index (χ4n) is 11.2. The third kappa shape index (κ3) is 6.81. The highest BCUT2D eigenvalue weighted by Gasteiger charge is 2.23. The van der Waals surface area contributed by atoms with E-state index in [1.807, 2.05) is 12.1 Å². The minimum absolute atomic E-state index is 0.574. The van der Waals surface area contributed by atoms with Crippen LogP contribution in [0.4, 0.5) is 17.1 Å². The monoisotopic (exact) mass is 860 g/mol. The van der Waals surface area contributed by atoms with E-state index in [4.69, 9.17) is 4.42 Å². The molecule has 0 N–H and O–H groups in total. The van der Waals surface area contributed by atoms with Crippen LogP contribution in [0, 0.1) is 0 Å². The molecule has 0 spiro atoms. The topological polar surface area (TPSA) is 21.3 Å². The largest absolute Gasteiger partial charge is 0.456 e. The van der Waals surface area contributed by atoms with E-state index in [1.54, 1.807) is 0 Å². The first-order valence-corrected chi connectivity index (χ1v) is 23.9. The van der Waals surface area contributed by atoms with E-state index in [1.165, 1.54) is 92.5 Å². The Kier molecular flexibility index (Phi) is 9.60. The molecule has 3 heteroatoms. The van der Waals surface area contributed by atoms with Crippen LogP contribution >= 0.6 is 0 Å². The smallest absolute Gasteiger partial charge is 0.135 e. The predicted octanol–water partition coefficient (Wildman–Crippen LogP) is 18.4. The minimum Gasteiger partial charge on any atom is -0.456 e. The second kappa shape index (κ2) is 16.4. The molecule has 0 bridgehead atoms. The third-order valence-corrected chi connectivity index (χ3v) is 14.4. The highest BCUT2D eigenvalue weighted by Crippen LogP contribution is 2.47. The van der Waals surface area contributed by atoms with Gasteiger partial charge >= 0.3 is 0 Å². The molecule has 12 aromatic rings. The van der Waals surface area contributed by atoms with E-state index in [0.717, 1.165) is 55.8 Å². The summed E-state index contributed by atoms with van der Waals surface area (Å²) >= 11 is 0. The summed E-state index contributed by atoms with van der Waals surface area (Å²) in [5, 5.41) is 7.46. The Balaban J connectivity index is 0.972. The van der Waals surface area contributed by atoms with Gasteiger partial charge in [0.05, 0.1) is 16.7 Å². The lowest BCUT2D eigenvalue weighted by Gasteiger charge is -2.29.